The van der Waals surface area contributed by atoms with Gasteiger partial charge < -0.3 is 10.5 Å². The van der Waals surface area contributed by atoms with Gasteiger partial charge >= 0.3 is 6.18 Å². The molecule has 2 N–H and O–H groups in total. The molecule has 1 aromatic heterocycles. The third kappa shape index (κ3) is 4.77. The summed E-state index contributed by atoms with van der Waals surface area (Å²) in [5.74, 6) is -0.778. The number of rotatable bonds is 3. The Hall–Kier alpha value is -2.55. The van der Waals surface area contributed by atoms with Gasteiger partial charge in [0.05, 0.1) is 18.2 Å². The van der Waals surface area contributed by atoms with E-state index >= 15 is 0 Å². The van der Waals surface area contributed by atoms with Gasteiger partial charge in [-0.15, -0.1) is 0 Å². The number of ether oxygens (including phenoxy) is 1. The maximum Gasteiger partial charge on any atom is 0.416 e. The lowest BCUT2D eigenvalue weighted by atomic mass is 9.92. The van der Waals surface area contributed by atoms with Crippen LogP contribution in [-0.2, 0) is 29.9 Å². The first-order chi connectivity index (χ1) is 13.9. The number of nitrogens with zero attached hydrogens (tertiary/aromatic N) is 3. The van der Waals surface area contributed by atoms with Gasteiger partial charge in [-0.3, -0.25) is 14.2 Å². The Balaban J connectivity index is 2.07. The first kappa shape index (κ1) is 22.1. The van der Waals surface area contributed by atoms with Crippen molar-refractivity contribution < 1.29 is 22.7 Å². The fraction of sp³-hybridized carbons (Fsp3) is 0.524. The zero-order valence-electron chi connectivity index (χ0n) is 17.6. The highest BCUT2D eigenvalue weighted by Crippen LogP contribution is 2.31. The number of hydrogen-bond acceptors (Lipinski definition) is 3. The zero-order chi connectivity index (χ0) is 22.3. The summed E-state index contributed by atoms with van der Waals surface area (Å²) in [4.78, 5) is 16.9. The average molecular weight is 424 g/mol. The molecule has 0 spiro atoms. The summed E-state index contributed by atoms with van der Waals surface area (Å²) in [6.45, 7) is 7.31. The van der Waals surface area contributed by atoms with Crippen LogP contribution in [0.1, 0.15) is 55.2 Å². The number of aromatic nitrogens is 2. The molecule has 0 saturated carbocycles. The van der Waals surface area contributed by atoms with Gasteiger partial charge in [0.1, 0.15) is 0 Å². The second kappa shape index (κ2) is 7.94. The van der Waals surface area contributed by atoms with E-state index in [4.69, 9.17) is 10.5 Å². The molecule has 2 heterocycles. The van der Waals surface area contributed by atoms with Gasteiger partial charge in [-0.2, -0.15) is 18.2 Å². The maximum atomic E-state index is 13.1. The first-order valence-electron chi connectivity index (χ1n) is 9.82. The van der Waals surface area contributed by atoms with Crippen LogP contribution in [0.2, 0.25) is 0 Å². The van der Waals surface area contributed by atoms with Crippen LogP contribution in [0.3, 0.4) is 0 Å². The van der Waals surface area contributed by atoms with E-state index in [9.17, 15) is 18.0 Å². The number of alkyl halides is 3. The molecule has 1 saturated heterocycles. The molecule has 0 aliphatic carbocycles. The SMILES string of the molecule is Cn1c(C(C)(C)C)c/c(=N\C(=O)c2cc(N)cc(C(F)(F)F)c2)n1C[C@H]1CCCO1. The summed E-state index contributed by atoms with van der Waals surface area (Å²) < 4.78 is 48.8. The Morgan fingerprint density at radius 2 is 1.93 bits per heavy atom. The summed E-state index contributed by atoms with van der Waals surface area (Å²) in [5, 5.41) is 0. The molecule has 0 radical (unpaired) electrons. The quantitative estimate of drug-likeness (QED) is 0.765. The number of nitrogens with two attached hydrogens (primary N) is 1. The van der Waals surface area contributed by atoms with Crippen LogP contribution in [-0.4, -0.2) is 28.0 Å². The van der Waals surface area contributed by atoms with Crippen molar-refractivity contribution in [3.8, 4) is 0 Å². The minimum Gasteiger partial charge on any atom is -0.399 e. The number of benzene rings is 1. The van der Waals surface area contributed by atoms with E-state index in [0.717, 1.165) is 30.7 Å². The smallest absolute Gasteiger partial charge is 0.399 e. The highest BCUT2D eigenvalue weighted by atomic mass is 19.4. The minimum atomic E-state index is -4.60. The number of anilines is 1. The molecule has 3 rings (SSSR count). The lowest BCUT2D eigenvalue weighted by Crippen LogP contribution is -2.30. The normalized spacial score (nSPS) is 18.2. The molecular weight excluding hydrogens is 397 g/mol. The summed E-state index contributed by atoms with van der Waals surface area (Å²) in [6, 6.07) is 4.58. The van der Waals surface area contributed by atoms with Crippen LogP contribution in [0.5, 0.6) is 0 Å². The Bertz CT molecular complexity index is 1010. The summed E-state index contributed by atoms with van der Waals surface area (Å²) in [7, 11) is 1.88. The van der Waals surface area contributed by atoms with Gasteiger partial charge in [0.25, 0.3) is 5.91 Å². The number of carbonyl (C=O) groups is 1. The second-order valence-electron chi connectivity index (χ2n) is 8.64. The van der Waals surface area contributed by atoms with E-state index in [-0.39, 0.29) is 22.8 Å². The molecule has 164 valence electrons. The van der Waals surface area contributed by atoms with E-state index in [1.165, 1.54) is 6.07 Å². The number of amides is 1. The third-order valence-electron chi connectivity index (χ3n) is 5.16. The predicted molar refractivity (Wildman–Crippen MR) is 107 cm³/mol. The number of halogens is 3. The maximum absolute atomic E-state index is 13.1. The Morgan fingerprint density at radius 3 is 2.50 bits per heavy atom. The van der Waals surface area contributed by atoms with E-state index in [0.29, 0.717) is 18.6 Å². The van der Waals surface area contributed by atoms with Gasteiger partial charge in [-0.25, -0.2) is 0 Å². The van der Waals surface area contributed by atoms with Gasteiger partial charge in [0.15, 0.2) is 5.49 Å². The van der Waals surface area contributed by atoms with Crippen molar-refractivity contribution >= 4 is 11.6 Å². The predicted octanol–water partition coefficient (Wildman–Crippen LogP) is 3.65. The van der Waals surface area contributed by atoms with E-state index < -0.39 is 17.6 Å². The third-order valence-corrected chi connectivity index (χ3v) is 5.16. The molecule has 1 aliphatic rings. The average Bonchev–Trinajstić information content (AvgIpc) is 3.23. The Morgan fingerprint density at radius 1 is 1.23 bits per heavy atom. The molecule has 1 amide bonds. The van der Waals surface area contributed by atoms with Crippen molar-refractivity contribution in [2.75, 3.05) is 12.3 Å². The monoisotopic (exact) mass is 424 g/mol. The molecule has 1 atom stereocenters. The Kier molecular flexibility index (Phi) is 5.86. The molecule has 6 nitrogen and oxygen atoms in total. The van der Waals surface area contributed by atoms with Crippen molar-refractivity contribution in [3.05, 3.63) is 46.6 Å². The molecule has 9 heteroatoms. The molecule has 1 fully saturated rings. The van der Waals surface area contributed by atoms with E-state index in [1.54, 1.807) is 6.07 Å². The molecule has 1 aliphatic heterocycles. The number of nitrogen functional groups attached to an aromatic ring is 1. The van der Waals surface area contributed by atoms with Crippen molar-refractivity contribution in [2.45, 2.75) is 57.9 Å². The zero-order valence-corrected chi connectivity index (χ0v) is 17.6. The molecule has 2 aromatic rings. The van der Waals surface area contributed by atoms with Crippen molar-refractivity contribution in [3.63, 3.8) is 0 Å². The lowest BCUT2D eigenvalue weighted by molar-refractivity contribution is -0.137. The lowest BCUT2D eigenvalue weighted by Gasteiger charge is -2.21. The summed E-state index contributed by atoms with van der Waals surface area (Å²) in [6.07, 6.45) is -2.72. The van der Waals surface area contributed by atoms with Crippen LogP contribution in [0.15, 0.2) is 29.3 Å². The van der Waals surface area contributed by atoms with Crippen LogP contribution < -0.4 is 11.2 Å². The van der Waals surface area contributed by atoms with Crippen molar-refractivity contribution in [1.29, 1.82) is 0 Å². The molecule has 0 unspecified atom stereocenters. The minimum absolute atomic E-state index is 0.00433. The molecule has 1 aromatic carbocycles. The topological polar surface area (TPSA) is 74.5 Å². The number of hydrogen-bond donors (Lipinski definition) is 1. The van der Waals surface area contributed by atoms with Crippen LogP contribution in [0.4, 0.5) is 18.9 Å². The fourth-order valence-corrected chi connectivity index (χ4v) is 3.67. The second-order valence-corrected chi connectivity index (χ2v) is 8.64. The highest BCUT2D eigenvalue weighted by Gasteiger charge is 2.31. The summed E-state index contributed by atoms with van der Waals surface area (Å²) in [5.41, 5.74) is 5.37. The van der Waals surface area contributed by atoms with Crippen LogP contribution in [0, 0.1) is 0 Å². The van der Waals surface area contributed by atoms with E-state index in [2.05, 4.69) is 4.99 Å². The van der Waals surface area contributed by atoms with Crippen LogP contribution in [0.25, 0.3) is 0 Å². The van der Waals surface area contributed by atoms with E-state index in [1.807, 2.05) is 37.2 Å². The summed E-state index contributed by atoms with van der Waals surface area (Å²) >= 11 is 0. The largest absolute Gasteiger partial charge is 0.416 e. The first-order valence-corrected chi connectivity index (χ1v) is 9.82. The fourth-order valence-electron chi connectivity index (χ4n) is 3.67. The standard InChI is InChI=1S/C21H27F3N4O2/c1-20(2,3)17-11-18(28(27(17)4)12-16-6-5-7-30-16)26-19(29)13-8-14(21(22,23)24)10-15(25)9-13/h8-11,16H,5-7,12,25H2,1-4H3/b26-18+/t16-/m1/s1. The van der Waals surface area contributed by atoms with Gasteiger partial charge in [-0.05, 0) is 31.0 Å². The highest BCUT2D eigenvalue weighted by molar-refractivity contribution is 5.96. The molecule has 30 heavy (non-hydrogen) atoms. The van der Waals surface area contributed by atoms with Gasteiger partial charge in [0, 0.05) is 42.1 Å². The Labute approximate surface area is 173 Å². The van der Waals surface area contributed by atoms with Gasteiger partial charge in [0.2, 0.25) is 0 Å². The number of carbonyl (C=O) groups excluding carboxylic acids is 1. The van der Waals surface area contributed by atoms with Gasteiger partial charge in [-0.1, -0.05) is 20.8 Å². The van der Waals surface area contributed by atoms with Crippen molar-refractivity contribution in [1.82, 2.24) is 9.36 Å². The molecule has 0 bridgehead atoms. The van der Waals surface area contributed by atoms with Crippen molar-refractivity contribution in [2.24, 2.45) is 12.0 Å². The molecular formula is C21H27F3N4O2. The van der Waals surface area contributed by atoms with Crippen LogP contribution >= 0.6 is 0 Å².